The van der Waals surface area contributed by atoms with Gasteiger partial charge in [0.25, 0.3) is 11.6 Å². The smallest absolute Gasteiger partial charge is 0.364 e. The van der Waals surface area contributed by atoms with E-state index in [0.29, 0.717) is 12.1 Å². The van der Waals surface area contributed by atoms with E-state index >= 15 is 0 Å². The first kappa shape index (κ1) is 15.9. The molecule has 0 unspecified atom stereocenters. The fourth-order valence-electron chi connectivity index (χ4n) is 1.20. The molecule has 21 heavy (non-hydrogen) atoms. The lowest BCUT2D eigenvalue weighted by molar-refractivity contribution is -0.384. The Hall–Kier alpha value is -3.16. The van der Waals surface area contributed by atoms with Crippen LogP contribution in [0.3, 0.4) is 0 Å². The average molecular weight is 301 g/mol. The van der Waals surface area contributed by atoms with Crippen LogP contribution in [0.25, 0.3) is 0 Å². The highest BCUT2D eigenvalue weighted by atomic mass is 19.4. The number of primary amides is 1. The van der Waals surface area contributed by atoms with Crippen LogP contribution in [0.15, 0.2) is 23.3 Å². The molecular weight excluding hydrogens is 295 g/mol. The van der Waals surface area contributed by atoms with Gasteiger partial charge in [-0.15, -0.1) is 0 Å². The second kappa shape index (κ2) is 5.87. The average Bonchev–Trinajstić information content (AvgIpc) is 2.37. The van der Waals surface area contributed by atoms with Crippen molar-refractivity contribution < 1.29 is 22.9 Å². The molecule has 110 valence electrons. The Bertz CT molecular complexity index is 663. The molecule has 0 aliphatic rings. The summed E-state index contributed by atoms with van der Waals surface area (Å²) >= 11 is 0. The number of nitriles is 1. The van der Waals surface area contributed by atoms with Gasteiger partial charge in [-0.05, 0) is 12.1 Å². The number of benzene rings is 1. The maximum Gasteiger partial charge on any atom is 0.416 e. The number of carbonyl (C=O) groups is 1. The Kier molecular flexibility index (Phi) is 4.44. The first-order chi connectivity index (χ1) is 9.66. The number of anilines is 1. The second-order valence-corrected chi connectivity index (χ2v) is 3.54. The highest BCUT2D eigenvalue weighted by Gasteiger charge is 2.33. The molecule has 0 fully saturated rings. The lowest BCUT2D eigenvalue weighted by atomic mass is 10.1. The van der Waals surface area contributed by atoms with E-state index in [1.54, 1.807) is 0 Å². The number of hydrazone groups is 1. The van der Waals surface area contributed by atoms with Crippen molar-refractivity contribution in [2.75, 3.05) is 5.43 Å². The highest BCUT2D eigenvalue weighted by molar-refractivity contribution is 6.44. The molecule has 8 nitrogen and oxygen atoms in total. The van der Waals surface area contributed by atoms with Gasteiger partial charge < -0.3 is 5.73 Å². The molecule has 0 radical (unpaired) electrons. The van der Waals surface area contributed by atoms with E-state index in [4.69, 9.17) is 11.0 Å². The minimum atomic E-state index is -4.75. The van der Waals surface area contributed by atoms with Crippen molar-refractivity contribution in [3.05, 3.63) is 33.9 Å². The van der Waals surface area contributed by atoms with Gasteiger partial charge in [-0.3, -0.25) is 20.3 Å². The molecule has 0 bridgehead atoms. The Balaban J connectivity index is 3.23. The normalized spacial score (nSPS) is 11.6. The molecule has 0 aromatic heterocycles. The number of nitrogens with zero attached hydrogens (tertiary/aromatic N) is 3. The van der Waals surface area contributed by atoms with Gasteiger partial charge in [-0.1, -0.05) is 0 Å². The van der Waals surface area contributed by atoms with E-state index in [1.165, 1.54) is 6.07 Å². The Morgan fingerprint density at radius 1 is 1.48 bits per heavy atom. The maximum atomic E-state index is 12.5. The van der Waals surface area contributed by atoms with Crippen molar-refractivity contribution >= 4 is 23.0 Å². The van der Waals surface area contributed by atoms with Gasteiger partial charge in [0.15, 0.2) is 0 Å². The number of hydrogen-bond donors (Lipinski definition) is 2. The van der Waals surface area contributed by atoms with Crippen molar-refractivity contribution in [1.29, 1.82) is 5.26 Å². The molecule has 11 heteroatoms. The quantitative estimate of drug-likeness (QED) is 0.492. The van der Waals surface area contributed by atoms with Crippen LogP contribution in [0.1, 0.15) is 5.56 Å². The molecule has 0 heterocycles. The highest BCUT2D eigenvalue weighted by Crippen LogP contribution is 2.34. The number of nitro benzene ring substituents is 1. The molecule has 0 saturated heterocycles. The van der Waals surface area contributed by atoms with Crippen LogP contribution in [0.4, 0.5) is 24.5 Å². The summed E-state index contributed by atoms with van der Waals surface area (Å²) in [5, 5.41) is 22.4. The number of alkyl halides is 3. The summed E-state index contributed by atoms with van der Waals surface area (Å²) in [6.07, 6.45) is -4.75. The van der Waals surface area contributed by atoms with Gasteiger partial charge in [0.2, 0.25) is 5.71 Å². The predicted octanol–water partition coefficient (Wildman–Crippen LogP) is 1.39. The van der Waals surface area contributed by atoms with Crippen LogP contribution in [0.5, 0.6) is 0 Å². The van der Waals surface area contributed by atoms with E-state index in [2.05, 4.69) is 5.10 Å². The number of nitro groups is 1. The summed E-state index contributed by atoms with van der Waals surface area (Å²) in [4.78, 5) is 20.4. The fourth-order valence-corrected chi connectivity index (χ4v) is 1.20. The number of carbonyl (C=O) groups excluding carboxylic acids is 1. The zero-order valence-electron chi connectivity index (χ0n) is 10.0. The van der Waals surface area contributed by atoms with Crippen LogP contribution in [-0.2, 0) is 11.0 Å². The summed E-state index contributed by atoms with van der Waals surface area (Å²) in [6.45, 7) is 0. The van der Waals surface area contributed by atoms with Crippen molar-refractivity contribution in [1.82, 2.24) is 0 Å². The van der Waals surface area contributed by atoms with Crippen LogP contribution >= 0.6 is 0 Å². The molecule has 3 N–H and O–H groups in total. The van der Waals surface area contributed by atoms with Gasteiger partial charge in [-0.2, -0.15) is 23.5 Å². The van der Waals surface area contributed by atoms with Crippen LogP contribution < -0.4 is 11.2 Å². The SMILES string of the molecule is N#CC(=NNc1ccc(C(F)(F)F)cc1[N+](=O)[O-])C(N)=O. The lowest BCUT2D eigenvalue weighted by Crippen LogP contribution is -2.22. The minimum absolute atomic E-state index is 0.300. The minimum Gasteiger partial charge on any atom is -0.364 e. The Labute approximate surface area is 114 Å². The topological polar surface area (TPSA) is 134 Å². The van der Waals surface area contributed by atoms with Crippen molar-refractivity contribution in [2.45, 2.75) is 6.18 Å². The number of nitrogens with one attached hydrogen (secondary N) is 1. The molecular formula is C10H6F3N5O3. The Morgan fingerprint density at radius 3 is 2.52 bits per heavy atom. The van der Waals surface area contributed by atoms with Gasteiger partial charge >= 0.3 is 6.18 Å². The standard InChI is InChI=1S/C10H6F3N5O3/c11-10(12,13)5-1-2-6(8(3-5)18(20)21)16-17-7(4-14)9(15)19/h1-3,16H,(H2,15,19). The van der Waals surface area contributed by atoms with Gasteiger partial charge in [0.05, 0.1) is 10.5 Å². The molecule has 0 spiro atoms. The number of rotatable bonds is 4. The van der Waals surface area contributed by atoms with E-state index in [9.17, 15) is 28.1 Å². The van der Waals surface area contributed by atoms with Gasteiger partial charge in [-0.25, -0.2) is 0 Å². The van der Waals surface area contributed by atoms with Crippen LogP contribution in [-0.4, -0.2) is 16.5 Å². The van der Waals surface area contributed by atoms with Gasteiger partial charge in [0.1, 0.15) is 11.8 Å². The maximum absolute atomic E-state index is 12.5. The summed E-state index contributed by atoms with van der Waals surface area (Å²) in [5.41, 5.74) is 3.38. The third kappa shape index (κ3) is 3.90. The summed E-state index contributed by atoms with van der Waals surface area (Å²) in [7, 11) is 0. The third-order valence-corrected chi connectivity index (χ3v) is 2.15. The molecule has 0 atom stereocenters. The van der Waals surface area contributed by atoms with Gasteiger partial charge in [0, 0.05) is 6.07 Å². The molecule has 0 saturated carbocycles. The molecule has 1 rings (SSSR count). The zero-order valence-corrected chi connectivity index (χ0v) is 10.0. The number of amides is 1. The first-order valence-electron chi connectivity index (χ1n) is 5.06. The lowest BCUT2D eigenvalue weighted by Gasteiger charge is -2.08. The molecule has 1 aromatic carbocycles. The van der Waals surface area contributed by atoms with E-state index in [-0.39, 0.29) is 0 Å². The van der Waals surface area contributed by atoms with E-state index in [1.807, 2.05) is 5.43 Å². The second-order valence-electron chi connectivity index (χ2n) is 3.54. The summed E-state index contributed by atoms with van der Waals surface area (Å²) in [5.74, 6) is -1.19. The number of nitrogens with two attached hydrogens (primary N) is 1. The monoisotopic (exact) mass is 301 g/mol. The number of hydrogen-bond acceptors (Lipinski definition) is 6. The Morgan fingerprint density at radius 2 is 2.10 bits per heavy atom. The number of halogens is 3. The van der Waals surface area contributed by atoms with Crippen LogP contribution in [0, 0.1) is 21.4 Å². The van der Waals surface area contributed by atoms with E-state index < -0.39 is 39.7 Å². The van der Waals surface area contributed by atoms with E-state index in [0.717, 1.165) is 6.07 Å². The largest absolute Gasteiger partial charge is 0.416 e. The van der Waals surface area contributed by atoms with Crippen molar-refractivity contribution in [3.63, 3.8) is 0 Å². The fraction of sp³-hybridized carbons (Fsp3) is 0.100. The predicted molar refractivity (Wildman–Crippen MR) is 64.0 cm³/mol. The third-order valence-electron chi connectivity index (χ3n) is 2.15. The van der Waals surface area contributed by atoms with Crippen molar-refractivity contribution in [2.24, 2.45) is 10.8 Å². The summed E-state index contributed by atoms with van der Waals surface area (Å²) < 4.78 is 37.4. The molecule has 0 aliphatic heterocycles. The first-order valence-corrected chi connectivity index (χ1v) is 5.06. The van der Waals surface area contributed by atoms with Crippen LogP contribution in [0.2, 0.25) is 0 Å². The zero-order chi connectivity index (χ0) is 16.2. The van der Waals surface area contributed by atoms with Crippen molar-refractivity contribution in [3.8, 4) is 6.07 Å². The summed E-state index contributed by atoms with van der Waals surface area (Å²) in [6, 6.07) is 2.95. The molecule has 1 amide bonds. The molecule has 1 aromatic rings. The molecule has 0 aliphatic carbocycles.